The molecule has 0 atom stereocenters. The van der Waals surface area contributed by atoms with Crippen LogP contribution in [0.4, 0.5) is 0 Å². The van der Waals surface area contributed by atoms with Crippen molar-refractivity contribution in [1.29, 1.82) is 0 Å². The minimum atomic E-state index is -0.967. The van der Waals surface area contributed by atoms with Gasteiger partial charge in [-0.2, -0.15) is 0 Å². The molecule has 0 bridgehead atoms. The van der Waals surface area contributed by atoms with E-state index < -0.39 is 4.84 Å². The van der Waals surface area contributed by atoms with Crippen molar-refractivity contribution in [2.45, 2.75) is 10.9 Å². The number of halogens is 3. The van der Waals surface area contributed by atoms with Crippen LogP contribution in [0, 0.1) is 0 Å². The third-order valence-electron chi connectivity index (χ3n) is 4.58. The van der Waals surface area contributed by atoms with Gasteiger partial charge in [0.05, 0.1) is 26.2 Å². The summed E-state index contributed by atoms with van der Waals surface area (Å²) in [4.78, 5) is 14.2. The van der Waals surface area contributed by atoms with Crippen LogP contribution in [0.3, 0.4) is 0 Å². The Morgan fingerprint density at radius 3 is 1.72 bits per heavy atom. The molecular weight excluding hydrogens is 379 g/mol. The fourth-order valence-corrected chi connectivity index (χ4v) is 3.67. The molecule has 1 fully saturated rings. The van der Waals surface area contributed by atoms with Gasteiger partial charge in [0.2, 0.25) is 0 Å². The molecule has 2 aromatic rings. The zero-order valence-electron chi connectivity index (χ0n) is 13.7. The lowest BCUT2D eigenvalue weighted by Crippen LogP contribution is -3.15. The van der Waals surface area contributed by atoms with Gasteiger partial charge < -0.3 is 22.2 Å². The van der Waals surface area contributed by atoms with E-state index in [0.717, 1.165) is 13.1 Å². The Hall–Kier alpha value is -1.26. The first kappa shape index (κ1) is 20.1. The van der Waals surface area contributed by atoms with E-state index in [1.165, 1.54) is 16.0 Å². The van der Waals surface area contributed by atoms with Gasteiger partial charge in [-0.1, -0.05) is 83.9 Å². The lowest BCUT2D eigenvalue weighted by molar-refractivity contribution is -0.929. The van der Waals surface area contributed by atoms with Crippen LogP contribution in [0.2, 0.25) is 0 Å². The van der Waals surface area contributed by atoms with E-state index in [-0.39, 0.29) is 24.4 Å². The predicted molar refractivity (Wildman–Crippen MR) is 97.5 cm³/mol. The highest BCUT2D eigenvalue weighted by Gasteiger charge is 2.32. The molecule has 0 spiro atoms. The molecule has 0 unspecified atom stereocenters. The lowest BCUT2D eigenvalue weighted by atomic mass is 9.96. The van der Waals surface area contributed by atoms with Gasteiger partial charge in [0.1, 0.15) is 6.04 Å². The number of piperazine rings is 1. The number of rotatable bonds is 4. The third kappa shape index (κ3) is 4.89. The maximum atomic E-state index is 12.0. The lowest BCUT2D eigenvalue weighted by Gasteiger charge is -2.37. The maximum Gasteiger partial charge on any atom is 0.256 e. The number of alkyl halides is 2. The number of carbonyl (C=O) groups excluding carboxylic acids is 1. The molecule has 6 heteroatoms. The SMILES string of the molecule is O=C(C(Cl)Cl)N1CC[NH+](C(c2ccccc2)c2ccccc2)CC1.[Cl-]. The second-order valence-electron chi connectivity index (χ2n) is 6.04. The molecule has 1 heterocycles. The minimum Gasteiger partial charge on any atom is -1.00 e. The van der Waals surface area contributed by atoms with E-state index in [1.54, 1.807) is 4.90 Å². The highest BCUT2D eigenvalue weighted by Crippen LogP contribution is 2.19. The quantitative estimate of drug-likeness (QED) is 0.677. The monoisotopic (exact) mass is 398 g/mol. The maximum absolute atomic E-state index is 12.0. The summed E-state index contributed by atoms with van der Waals surface area (Å²) in [6, 6.07) is 21.4. The van der Waals surface area contributed by atoms with Crippen molar-refractivity contribution in [2.24, 2.45) is 0 Å². The molecule has 0 radical (unpaired) electrons. The zero-order valence-corrected chi connectivity index (χ0v) is 16.0. The largest absolute Gasteiger partial charge is 1.00 e. The normalized spacial score (nSPS) is 15.3. The Labute approximate surface area is 164 Å². The smallest absolute Gasteiger partial charge is 0.256 e. The average molecular weight is 400 g/mol. The van der Waals surface area contributed by atoms with Crippen molar-refractivity contribution >= 4 is 29.1 Å². The Bertz CT molecular complexity index is 619. The summed E-state index contributed by atoms with van der Waals surface area (Å²) in [5.74, 6) is -0.187. The average Bonchev–Trinajstić information content (AvgIpc) is 2.64. The Morgan fingerprint density at radius 1 is 0.880 bits per heavy atom. The molecule has 0 saturated carbocycles. The second-order valence-corrected chi connectivity index (χ2v) is 7.13. The van der Waals surface area contributed by atoms with Crippen molar-refractivity contribution in [3.05, 3.63) is 71.8 Å². The molecule has 25 heavy (non-hydrogen) atoms. The third-order valence-corrected chi connectivity index (χ3v) is 4.95. The van der Waals surface area contributed by atoms with E-state index >= 15 is 0 Å². The molecule has 1 N–H and O–H groups in total. The van der Waals surface area contributed by atoms with Gasteiger partial charge in [0.15, 0.2) is 4.84 Å². The van der Waals surface area contributed by atoms with Gasteiger partial charge in [-0.05, 0) is 0 Å². The summed E-state index contributed by atoms with van der Waals surface area (Å²) < 4.78 is 0. The molecule has 1 amide bonds. The van der Waals surface area contributed by atoms with Crippen LogP contribution in [0.15, 0.2) is 60.7 Å². The fraction of sp³-hybridized carbons (Fsp3) is 0.316. The summed E-state index contributed by atoms with van der Waals surface area (Å²) in [5.41, 5.74) is 2.59. The number of quaternary nitrogens is 1. The van der Waals surface area contributed by atoms with Gasteiger partial charge in [-0.15, -0.1) is 0 Å². The van der Waals surface area contributed by atoms with Crippen LogP contribution in [-0.4, -0.2) is 41.8 Å². The van der Waals surface area contributed by atoms with Crippen molar-refractivity contribution in [2.75, 3.05) is 26.2 Å². The Balaban J connectivity index is 0.00000225. The van der Waals surface area contributed by atoms with Gasteiger partial charge in [0.25, 0.3) is 5.91 Å². The van der Waals surface area contributed by atoms with Crippen molar-refractivity contribution < 1.29 is 22.1 Å². The van der Waals surface area contributed by atoms with Crippen LogP contribution in [-0.2, 0) is 4.79 Å². The van der Waals surface area contributed by atoms with E-state index in [0.29, 0.717) is 13.1 Å². The molecule has 1 aliphatic heterocycles. The van der Waals surface area contributed by atoms with Crippen molar-refractivity contribution in [3.63, 3.8) is 0 Å². The van der Waals surface area contributed by atoms with Crippen LogP contribution >= 0.6 is 23.2 Å². The van der Waals surface area contributed by atoms with Crippen LogP contribution in [0.25, 0.3) is 0 Å². The van der Waals surface area contributed by atoms with Crippen LogP contribution in [0.1, 0.15) is 17.2 Å². The fourth-order valence-electron chi connectivity index (χ4n) is 3.40. The molecule has 0 aliphatic carbocycles. The number of nitrogens with one attached hydrogen (secondary N) is 1. The van der Waals surface area contributed by atoms with E-state index in [9.17, 15) is 4.79 Å². The number of amides is 1. The summed E-state index contributed by atoms with van der Waals surface area (Å²) in [5, 5.41) is 0. The molecule has 0 aromatic heterocycles. The Morgan fingerprint density at radius 2 is 1.32 bits per heavy atom. The number of nitrogens with zero attached hydrogens (tertiary/aromatic N) is 1. The predicted octanol–water partition coefficient (Wildman–Crippen LogP) is -0.689. The highest BCUT2D eigenvalue weighted by molar-refractivity contribution is 6.53. The van der Waals surface area contributed by atoms with Crippen molar-refractivity contribution in [1.82, 2.24) is 4.90 Å². The van der Waals surface area contributed by atoms with E-state index in [2.05, 4.69) is 48.5 Å². The van der Waals surface area contributed by atoms with Gasteiger partial charge in [0, 0.05) is 11.1 Å². The Kier molecular flexibility index (Phi) is 7.57. The summed E-state index contributed by atoms with van der Waals surface area (Å²) in [6.45, 7) is 3.11. The molecule has 134 valence electrons. The topological polar surface area (TPSA) is 24.8 Å². The summed E-state index contributed by atoms with van der Waals surface area (Å²) in [7, 11) is 0. The van der Waals surface area contributed by atoms with Gasteiger partial charge >= 0.3 is 0 Å². The molecule has 2 aromatic carbocycles. The number of benzene rings is 2. The summed E-state index contributed by atoms with van der Waals surface area (Å²) in [6.07, 6.45) is 0. The van der Waals surface area contributed by atoms with Crippen LogP contribution < -0.4 is 17.3 Å². The first-order chi connectivity index (χ1) is 11.7. The highest BCUT2D eigenvalue weighted by atomic mass is 35.5. The minimum absolute atomic E-state index is 0. The zero-order chi connectivity index (χ0) is 16.9. The molecule has 3 rings (SSSR count). The standard InChI is InChI=1S/C19H20Cl2N2O.ClH/c20-18(21)19(24)23-13-11-22(12-14-23)17(15-7-3-1-4-8-15)16-9-5-2-6-10-16;/h1-10,17-18H,11-14H2;1H. The van der Waals surface area contributed by atoms with Crippen molar-refractivity contribution in [3.8, 4) is 0 Å². The molecule has 1 aliphatic rings. The summed E-state index contributed by atoms with van der Waals surface area (Å²) >= 11 is 11.4. The molecule has 1 saturated heterocycles. The van der Waals surface area contributed by atoms with E-state index in [1.807, 2.05) is 12.1 Å². The number of carbonyl (C=O) groups is 1. The molecule has 3 nitrogen and oxygen atoms in total. The van der Waals surface area contributed by atoms with Gasteiger partial charge in [-0.25, -0.2) is 0 Å². The number of hydrogen-bond acceptors (Lipinski definition) is 1. The second kappa shape index (κ2) is 9.44. The van der Waals surface area contributed by atoms with Gasteiger partial charge in [-0.3, -0.25) is 4.79 Å². The van der Waals surface area contributed by atoms with E-state index in [4.69, 9.17) is 23.2 Å². The first-order valence-electron chi connectivity index (χ1n) is 8.18. The number of hydrogen-bond donors (Lipinski definition) is 1. The first-order valence-corrected chi connectivity index (χ1v) is 9.05. The van der Waals surface area contributed by atoms with Crippen LogP contribution in [0.5, 0.6) is 0 Å². The molecular formula is C19H21Cl3N2O.